The summed E-state index contributed by atoms with van der Waals surface area (Å²) in [5.41, 5.74) is 0. The van der Waals surface area contributed by atoms with E-state index in [-0.39, 0.29) is 23.9 Å². The van der Waals surface area contributed by atoms with Crippen LogP contribution in [0.2, 0.25) is 0 Å². The zero-order valence-corrected chi connectivity index (χ0v) is 11.9. The Bertz CT molecular complexity index is 396. The molecule has 106 valence electrons. The second-order valence-electron chi connectivity index (χ2n) is 6.51. The van der Waals surface area contributed by atoms with Gasteiger partial charge in [0.1, 0.15) is 12.1 Å². The van der Waals surface area contributed by atoms with Gasteiger partial charge in [0.25, 0.3) is 0 Å². The number of nitrogens with one attached hydrogen (secondary N) is 1. The molecular weight excluding hydrogens is 240 g/mol. The molecule has 2 saturated carbocycles. The molecule has 2 bridgehead atoms. The van der Waals surface area contributed by atoms with Crippen LogP contribution < -0.4 is 5.32 Å². The first-order valence-electron chi connectivity index (χ1n) is 7.74. The standard InChI is InChI=1S/C15H24N2O2/c1-3-4-12-15(19)17(9(2)14(18)16-12)13-8-10-5-6-11(13)7-10/h9-13H,3-8H2,1-2H3,(H,16,18). The minimum atomic E-state index is -0.287. The molecule has 0 spiro atoms. The van der Waals surface area contributed by atoms with Gasteiger partial charge in [-0.2, -0.15) is 0 Å². The normalized spacial score (nSPS) is 41.8. The minimum Gasteiger partial charge on any atom is -0.343 e. The van der Waals surface area contributed by atoms with Gasteiger partial charge in [-0.3, -0.25) is 9.59 Å². The first-order chi connectivity index (χ1) is 9.11. The molecular formula is C15H24N2O2. The predicted octanol–water partition coefficient (Wildman–Crippen LogP) is 1.69. The third kappa shape index (κ3) is 2.05. The fraction of sp³-hybridized carbons (Fsp3) is 0.867. The van der Waals surface area contributed by atoms with Crippen molar-refractivity contribution in [2.24, 2.45) is 11.8 Å². The van der Waals surface area contributed by atoms with Crippen LogP contribution in [0.3, 0.4) is 0 Å². The van der Waals surface area contributed by atoms with Crippen LogP contribution in [0.1, 0.15) is 52.4 Å². The Morgan fingerprint density at radius 3 is 2.63 bits per heavy atom. The molecule has 1 saturated heterocycles. The number of nitrogens with zero attached hydrogens (tertiary/aromatic N) is 1. The smallest absolute Gasteiger partial charge is 0.246 e. The van der Waals surface area contributed by atoms with Gasteiger partial charge < -0.3 is 10.2 Å². The van der Waals surface area contributed by atoms with Crippen LogP contribution in [0.5, 0.6) is 0 Å². The molecule has 5 atom stereocenters. The minimum absolute atomic E-state index is 0.0285. The van der Waals surface area contributed by atoms with Crippen LogP contribution in [0.4, 0.5) is 0 Å². The SMILES string of the molecule is CCCC1NC(=O)C(C)N(C2CC3CCC2C3)C1=O. The summed E-state index contributed by atoms with van der Waals surface area (Å²) in [5.74, 6) is 1.63. The lowest BCUT2D eigenvalue weighted by Gasteiger charge is -2.43. The molecule has 1 heterocycles. The maximum Gasteiger partial charge on any atom is 0.246 e. The van der Waals surface area contributed by atoms with E-state index >= 15 is 0 Å². The van der Waals surface area contributed by atoms with Crippen molar-refractivity contribution in [2.75, 3.05) is 0 Å². The summed E-state index contributed by atoms with van der Waals surface area (Å²) in [6.45, 7) is 3.93. The van der Waals surface area contributed by atoms with Crippen molar-refractivity contribution >= 4 is 11.8 Å². The molecule has 0 aromatic heterocycles. The number of fused-ring (bicyclic) bond motifs is 2. The van der Waals surface area contributed by atoms with Crippen LogP contribution in [0.15, 0.2) is 0 Å². The summed E-state index contributed by atoms with van der Waals surface area (Å²) >= 11 is 0. The lowest BCUT2D eigenvalue weighted by Crippen LogP contribution is -2.65. The highest BCUT2D eigenvalue weighted by molar-refractivity contribution is 5.97. The van der Waals surface area contributed by atoms with Crippen molar-refractivity contribution in [2.45, 2.75) is 70.5 Å². The maximum absolute atomic E-state index is 12.6. The van der Waals surface area contributed by atoms with Crippen molar-refractivity contribution in [3.8, 4) is 0 Å². The molecule has 5 unspecified atom stereocenters. The van der Waals surface area contributed by atoms with Gasteiger partial charge in [0.2, 0.25) is 11.8 Å². The zero-order valence-electron chi connectivity index (χ0n) is 11.9. The third-order valence-electron chi connectivity index (χ3n) is 5.30. The van der Waals surface area contributed by atoms with Crippen LogP contribution in [0.25, 0.3) is 0 Å². The van der Waals surface area contributed by atoms with Gasteiger partial charge in [0.05, 0.1) is 0 Å². The molecule has 4 nitrogen and oxygen atoms in total. The Labute approximate surface area is 114 Å². The Balaban J connectivity index is 1.81. The fourth-order valence-electron chi connectivity index (χ4n) is 4.34. The van der Waals surface area contributed by atoms with Crippen LogP contribution in [0, 0.1) is 11.8 Å². The van der Waals surface area contributed by atoms with Gasteiger partial charge in [-0.15, -0.1) is 0 Å². The quantitative estimate of drug-likeness (QED) is 0.843. The van der Waals surface area contributed by atoms with E-state index < -0.39 is 0 Å². The molecule has 0 radical (unpaired) electrons. The number of carbonyl (C=O) groups is 2. The number of hydrogen-bond donors (Lipinski definition) is 1. The Morgan fingerprint density at radius 2 is 2.05 bits per heavy atom. The monoisotopic (exact) mass is 264 g/mol. The second-order valence-corrected chi connectivity index (χ2v) is 6.51. The molecule has 3 aliphatic rings. The van der Waals surface area contributed by atoms with Crippen molar-refractivity contribution < 1.29 is 9.59 Å². The van der Waals surface area contributed by atoms with E-state index in [2.05, 4.69) is 12.2 Å². The molecule has 4 heteroatoms. The number of piperazine rings is 1. The molecule has 0 aromatic carbocycles. The van der Waals surface area contributed by atoms with Crippen molar-refractivity contribution in [3.63, 3.8) is 0 Å². The van der Waals surface area contributed by atoms with Crippen LogP contribution in [-0.4, -0.2) is 34.8 Å². The van der Waals surface area contributed by atoms with E-state index in [1.54, 1.807) is 0 Å². The molecule has 3 rings (SSSR count). The van der Waals surface area contributed by atoms with E-state index in [1.807, 2.05) is 11.8 Å². The van der Waals surface area contributed by atoms with E-state index in [4.69, 9.17) is 0 Å². The number of amides is 2. The topological polar surface area (TPSA) is 49.4 Å². The number of rotatable bonds is 3. The molecule has 0 aromatic rings. The second kappa shape index (κ2) is 4.80. The summed E-state index contributed by atoms with van der Waals surface area (Å²) in [6.07, 6.45) is 6.63. The Morgan fingerprint density at radius 1 is 1.26 bits per heavy atom. The fourth-order valence-corrected chi connectivity index (χ4v) is 4.34. The van der Waals surface area contributed by atoms with Crippen LogP contribution in [-0.2, 0) is 9.59 Å². The molecule has 2 aliphatic carbocycles. The maximum atomic E-state index is 12.6. The lowest BCUT2D eigenvalue weighted by atomic mass is 9.91. The molecule has 2 amide bonds. The van der Waals surface area contributed by atoms with E-state index in [0.29, 0.717) is 12.0 Å². The predicted molar refractivity (Wildman–Crippen MR) is 72.4 cm³/mol. The number of carbonyl (C=O) groups excluding carboxylic acids is 2. The van der Waals surface area contributed by atoms with Gasteiger partial charge in [0.15, 0.2) is 0 Å². The van der Waals surface area contributed by atoms with Gasteiger partial charge in [-0.25, -0.2) is 0 Å². The van der Waals surface area contributed by atoms with Gasteiger partial charge in [0, 0.05) is 6.04 Å². The van der Waals surface area contributed by atoms with Crippen molar-refractivity contribution in [1.82, 2.24) is 10.2 Å². The first-order valence-corrected chi connectivity index (χ1v) is 7.74. The average molecular weight is 264 g/mol. The summed E-state index contributed by atoms with van der Waals surface area (Å²) in [6, 6.07) is -0.246. The third-order valence-corrected chi connectivity index (χ3v) is 5.30. The van der Waals surface area contributed by atoms with Crippen molar-refractivity contribution in [3.05, 3.63) is 0 Å². The van der Waals surface area contributed by atoms with Crippen molar-refractivity contribution in [1.29, 1.82) is 0 Å². The largest absolute Gasteiger partial charge is 0.343 e. The Hall–Kier alpha value is -1.06. The van der Waals surface area contributed by atoms with Gasteiger partial charge >= 0.3 is 0 Å². The van der Waals surface area contributed by atoms with E-state index in [1.165, 1.54) is 19.3 Å². The van der Waals surface area contributed by atoms with Gasteiger partial charge in [-0.05, 0) is 44.4 Å². The first kappa shape index (κ1) is 12.9. The highest BCUT2D eigenvalue weighted by Gasteiger charge is 2.49. The molecule has 1 N–H and O–H groups in total. The summed E-state index contributed by atoms with van der Waals surface area (Å²) in [7, 11) is 0. The van der Waals surface area contributed by atoms with Crippen LogP contribution >= 0.6 is 0 Å². The highest BCUT2D eigenvalue weighted by Crippen LogP contribution is 2.47. The molecule has 3 fully saturated rings. The van der Waals surface area contributed by atoms with Gasteiger partial charge in [-0.1, -0.05) is 19.8 Å². The van der Waals surface area contributed by atoms with E-state index in [9.17, 15) is 9.59 Å². The molecule has 19 heavy (non-hydrogen) atoms. The number of hydrogen-bond acceptors (Lipinski definition) is 2. The summed E-state index contributed by atoms with van der Waals surface area (Å²) in [4.78, 5) is 26.7. The van der Waals surface area contributed by atoms with E-state index in [0.717, 1.165) is 25.2 Å². The Kier molecular flexibility index (Phi) is 3.27. The summed E-state index contributed by atoms with van der Waals surface area (Å²) < 4.78 is 0. The lowest BCUT2D eigenvalue weighted by molar-refractivity contribution is -0.152. The average Bonchev–Trinajstić information content (AvgIpc) is 2.99. The summed E-state index contributed by atoms with van der Waals surface area (Å²) in [5, 5.41) is 2.88. The molecule has 1 aliphatic heterocycles. The zero-order chi connectivity index (χ0) is 13.6. The highest BCUT2D eigenvalue weighted by atomic mass is 16.2.